The average molecular weight is 308 g/mol. The second-order valence-corrected chi connectivity index (χ2v) is 14.5. The molecule has 0 aromatic rings. The Balaban J connectivity index is 1.78. The van der Waals surface area contributed by atoms with Crippen LogP contribution >= 0.6 is 0 Å². The van der Waals surface area contributed by atoms with Crippen LogP contribution in [0.5, 0.6) is 0 Å². The van der Waals surface area contributed by atoms with Crippen LogP contribution in [0.25, 0.3) is 0 Å². The number of rotatable bonds is 2. The van der Waals surface area contributed by atoms with Gasteiger partial charge in [0.05, 0.1) is 0 Å². The van der Waals surface area contributed by atoms with E-state index in [0.717, 1.165) is 35.1 Å². The number of nitrogens with one attached hydrogen (secondary N) is 1. The molecule has 6 unspecified atom stereocenters. The van der Waals surface area contributed by atoms with Gasteiger partial charge in [-0.25, -0.2) is 0 Å². The first-order chi connectivity index (χ1) is 9.67. The summed E-state index contributed by atoms with van der Waals surface area (Å²) in [5.74, 6) is 5.28. The van der Waals surface area contributed by atoms with Crippen molar-refractivity contribution in [2.24, 2.45) is 29.6 Å². The minimum atomic E-state index is -1.37. The molecule has 122 valence electrons. The molecule has 0 spiro atoms. The lowest BCUT2D eigenvalue weighted by atomic mass is 9.71. The van der Waals surface area contributed by atoms with Gasteiger partial charge in [-0.1, -0.05) is 39.3 Å². The molecule has 1 N–H and O–H groups in total. The fourth-order valence-corrected chi connectivity index (χ4v) is 12.0. The SMILES string of the molecule is CC1CC2CC3CCCC3CC2C1[Si](C)(C)NC(C)(C)C. The molecule has 0 heterocycles. The molecular formula is C19H37NSi. The Bertz CT molecular complexity index is 384. The normalized spacial score (nSPS) is 43.7. The maximum atomic E-state index is 4.10. The molecule has 3 rings (SSSR count). The third-order valence-electron chi connectivity index (χ3n) is 6.88. The molecule has 3 aliphatic carbocycles. The van der Waals surface area contributed by atoms with E-state index in [0.29, 0.717) is 0 Å². The highest BCUT2D eigenvalue weighted by atomic mass is 28.3. The van der Waals surface area contributed by atoms with Crippen LogP contribution in [-0.2, 0) is 0 Å². The maximum absolute atomic E-state index is 4.10. The molecule has 0 amide bonds. The van der Waals surface area contributed by atoms with E-state index in [9.17, 15) is 0 Å². The van der Waals surface area contributed by atoms with Crippen molar-refractivity contribution in [3.63, 3.8) is 0 Å². The van der Waals surface area contributed by atoms with Gasteiger partial charge in [-0.2, -0.15) is 0 Å². The Hall–Kier alpha value is 0.177. The van der Waals surface area contributed by atoms with Crippen LogP contribution in [0.3, 0.4) is 0 Å². The lowest BCUT2D eigenvalue weighted by Crippen LogP contribution is -2.59. The Morgan fingerprint density at radius 2 is 1.52 bits per heavy atom. The summed E-state index contributed by atoms with van der Waals surface area (Å²) in [4.78, 5) is 4.10. The molecule has 0 aliphatic heterocycles. The van der Waals surface area contributed by atoms with E-state index in [1.165, 1.54) is 12.8 Å². The molecule has 1 nitrogen and oxygen atoms in total. The summed E-state index contributed by atoms with van der Waals surface area (Å²) >= 11 is 0. The van der Waals surface area contributed by atoms with Crippen LogP contribution in [0.4, 0.5) is 0 Å². The zero-order valence-corrected chi connectivity index (χ0v) is 16.2. The molecular weight excluding hydrogens is 270 g/mol. The zero-order valence-electron chi connectivity index (χ0n) is 15.2. The molecule has 3 saturated carbocycles. The predicted octanol–water partition coefficient (Wildman–Crippen LogP) is 5.43. The van der Waals surface area contributed by atoms with Crippen molar-refractivity contribution < 1.29 is 0 Å². The van der Waals surface area contributed by atoms with Crippen LogP contribution in [0.2, 0.25) is 18.6 Å². The highest BCUT2D eigenvalue weighted by molar-refractivity contribution is 6.76. The van der Waals surface area contributed by atoms with Crippen LogP contribution in [-0.4, -0.2) is 13.8 Å². The Labute approximate surface area is 133 Å². The van der Waals surface area contributed by atoms with E-state index in [1.807, 2.05) is 0 Å². The van der Waals surface area contributed by atoms with Gasteiger partial charge in [0.15, 0.2) is 0 Å². The summed E-state index contributed by atoms with van der Waals surface area (Å²) in [5.41, 5.74) is 1.28. The highest BCUT2D eigenvalue weighted by Gasteiger charge is 2.53. The molecule has 3 aliphatic rings. The Morgan fingerprint density at radius 1 is 0.905 bits per heavy atom. The topological polar surface area (TPSA) is 12.0 Å². The fraction of sp³-hybridized carbons (Fsp3) is 1.00. The predicted molar refractivity (Wildman–Crippen MR) is 94.9 cm³/mol. The lowest BCUT2D eigenvalue weighted by Gasteiger charge is -2.45. The van der Waals surface area contributed by atoms with E-state index in [1.54, 1.807) is 25.7 Å². The quantitative estimate of drug-likeness (QED) is 0.671. The molecule has 0 saturated heterocycles. The van der Waals surface area contributed by atoms with Gasteiger partial charge in [0, 0.05) is 5.54 Å². The van der Waals surface area contributed by atoms with Crippen molar-refractivity contribution in [2.75, 3.05) is 0 Å². The van der Waals surface area contributed by atoms with Gasteiger partial charge in [0.1, 0.15) is 8.24 Å². The van der Waals surface area contributed by atoms with Crippen molar-refractivity contribution in [1.82, 2.24) is 4.98 Å². The van der Waals surface area contributed by atoms with Crippen molar-refractivity contribution in [3.05, 3.63) is 0 Å². The van der Waals surface area contributed by atoms with Crippen LogP contribution in [0.1, 0.15) is 66.2 Å². The molecule has 0 bridgehead atoms. The second-order valence-electron chi connectivity index (χ2n) is 10.2. The van der Waals surface area contributed by atoms with E-state index in [4.69, 9.17) is 0 Å². The summed E-state index contributed by atoms with van der Waals surface area (Å²) in [6.45, 7) is 14.9. The van der Waals surface area contributed by atoms with Crippen molar-refractivity contribution in [1.29, 1.82) is 0 Å². The minimum absolute atomic E-state index is 0.276. The van der Waals surface area contributed by atoms with Gasteiger partial charge < -0.3 is 4.98 Å². The van der Waals surface area contributed by atoms with Crippen molar-refractivity contribution in [2.45, 2.75) is 90.4 Å². The van der Waals surface area contributed by atoms with Crippen LogP contribution in [0.15, 0.2) is 0 Å². The lowest BCUT2D eigenvalue weighted by molar-refractivity contribution is 0.155. The standard InChI is InChI=1S/C19H37NSi/c1-13-10-16-11-14-8-7-9-15(14)12-17(16)18(13)21(5,6)20-19(2,3)4/h13-18,20H,7-12H2,1-6H3. The van der Waals surface area contributed by atoms with Gasteiger partial charge in [-0.15, -0.1) is 0 Å². The fourth-order valence-electron chi connectivity index (χ4n) is 6.89. The number of hydrogen-bond donors (Lipinski definition) is 1. The van der Waals surface area contributed by atoms with E-state index in [2.05, 4.69) is 45.8 Å². The largest absolute Gasteiger partial charge is 0.332 e. The first kappa shape index (κ1) is 16.0. The van der Waals surface area contributed by atoms with Crippen LogP contribution in [0, 0.1) is 29.6 Å². The van der Waals surface area contributed by atoms with Gasteiger partial charge in [0.2, 0.25) is 0 Å². The molecule has 0 radical (unpaired) electrons. The molecule has 3 fully saturated rings. The summed E-state index contributed by atoms with van der Waals surface area (Å²) in [7, 11) is -1.37. The first-order valence-corrected chi connectivity index (χ1v) is 12.5. The maximum Gasteiger partial charge on any atom is 0.123 e. The molecule has 0 aromatic carbocycles. The Morgan fingerprint density at radius 3 is 2.14 bits per heavy atom. The van der Waals surface area contributed by atoms with E-state index < -0.39 is 8.24 Å². The Kier molecular flexibility index (Phi) is 4.10. The molecule has 2 heteroatoms. The minimum Gasteiger partial charge on any atom is -0.332 e. The van der Waals surface area contributed by atoms with Crippen molar-refractivity contribution in [3.8, 4) is 0 Å². The summed E-state index contributed by atoms with van der Waals surface area (Å²) in [6, 6.07) is 0. The zero-order chi connectivity index (χ0) is 15.4. The third kappa shape index (κ3) is 3.13. The first-order valence-electron chi connectivity index (χ1n) is 9.47. The van der Waals surface area contributed by atoms with E-state index >= 15 is 0 Å². The van der Waals surface area contributed by atoms with Gasteiger partial charge >= 0.3 is 0 Å². The summed E-state index contributed by atoms with van der Waals surface area (Å²) in [5, 5.41) is 0. The molecule has 6 atom stereocenters. The van der Waals surface area contributed by atoms with Gasteiger partial charge in [-0.3, -0.25) is 0 Å². The van der Waals surface area contributed by atoms with Gasteiger partial charge in [0.25, 0.3) is 0 Å². The average Bonchev–Trinajstić information content (AvgIpc) is 2.83. The molecule has 0 aromatic heterocycles. The monoisotopic (exact) mass is 307 g/mol. The van der Waals surface area contributed by atoms with E-state index in [-0.39, 0.29) is 5.54 Å². The number of fused-ring (bicyclic) bond motifs is 2. The van der Waals surface area contributed by atoms with Crippen LogP contribution < -0.4 is 4.98 Å². The summed E-state index contributed by atoms with van der Waals surface area (Å²) < 4.78 is 0. The van der Waals surface area contributed by atoms with Crippen molar-refractivity contribution >= 4 is 8.24 Å². The second kappa shape index (κ2) is 5.37. The molecule has 21 heavy (non-hydrogen) atoms. The summed E-state index contributed by atoms with van der Waals surface area (Å²) in [6.07, 6.45) is 9.30. The third-order valence-corrected chi connectivity index (χ3v) is 10.9. The highest BCUT2D eigenvalue weighted by Crippen LogP contribution is 2.60. The number of hydrogen-bond acceptors (Lipinski definition) is 1. The van der Waals surface area contributed by atoms with Gasteiger partial charge in [-0.05, 0) is 75.2 Å². The smallest absolute Gasteiger partial charge is 0.123 e.